The summed E-state index contributed by atoms with van der Waals surface area (Å²) in [5.74, 6) is -0.790. The molecule has 49 heavy (non-hydrogen) atoms. The number of ether oxygens (including phenoxy) is 4. The van der Waals surface area contributed by atoms with E-state index in [4.69, 9.17) is 18.9 Å². The first-order valence-electron chi connectivity index (χ1n) is 17.4. The summed E-state index contributed by atoms with van der Waals surface area (Å²) in [4.78, 5) is 26.2. The summed E-state index contributed by atoms with van der Waals surface area (Å²) in [6.45, 7) is 13.7. The summed E-state index contributed by atoms with van der Waals surface area (Å²) >= 11 is 0. The summed E-state index contributed by atoms with van der Waals surface area (Å²) in [6.07, 6.45) is 4.45. The molecule has 3 aliphatic rings. The minimum atomic E-state index is -0.724. The number of rotatable bonds is 12. The van der Waals surface area contributed by atoms with Crippen molar-refractivity contribution in [3.8, 4) is 0 Å². The number of carbonyl (C=O) groups is 1. The van der Waals surface area contributed by atoms with Crippen molar-refractivity contribution >= 4 is 17.7 Å². The molecule has 0 bridgehead atoms. The van der Waals surface area contributed by atoms with Gasteiger partial charge in [-0.3, -0.25) is 0 Å². The third kappa shape index (κ3) is 10.0. The van der Waals surface area contributed by atoms with Gasteiger partial charge in [-0.15, -0.1) is 0 Å². The molecule has 0 aromatic carbocycles. The fraction of sp³-hybridized carbons (Fsp3) is 0.686. The number of anilines is 2. The lowest BCUT2D eigenvalue weighted by Crippen LogP contribution is -2.64. The first-order chi connectivity index (χ1) is 23.3. The maximum atomic E-state index is 15.4. The van der Waals surface area contributed by atoms with Crippen LogP contribution in [0.1, 0.15) is 58.6 Å². The summed E-state index contributed by atoms with van der Waals surface area (Å²) in [7, 11) is 0. The van der Waals surface area contributed by atoms with Crippen LogP contribution in [0, 0.1) is 11.6 Å². The predicted molar refractivity (Wildman–Crippen MR) is 180 cm³/mol. The monoisotopic (exact) mass is 691 g/mol. The topological polar surface area (TPSA) is 119 Å². The highest BCUT2D eigenvalue weighted by atomic mass is 19.1. The van der Waals surface area contributed by atoms with E-state index < -0.39 is 29.4 Å². The molecule has 12 nitrogen and oxygen atoms in total. The maximum Gasteiger partial charge on any atom is 0.518 e. The predicted octanol–water partition coefficient (Wildman–Crippen LogP) is 3.79. The van der Waals surface area contributed by atoms with Gasteiger partial charge in [0.25, 0.3) is 0 Å². The standard InChI is InChI=1S/C35H53F2N6O6/c1-34(2,3)49-33(45)43(24-46-27(22-44)8-6-25-18-29(36)31(39-20-25)41-12-10-38-11-13-41)16-14-42(15-17-43)32-30(37)19-26(21-40-32)7-9-28-23-47-35(4,5)48-28/h18-21,27-28,38,44H,6-17,22-24H2,1-5H3/q+1/t27-,28-/m0/s1. The highest BCUT2D eigenvalue weighted by molar-refractivity contribution is 5.60. The zero-order valence-electron chi connectivity index (χ0n) is 29.6. The van der Waals surface area contributed by atoms with Crippen LogP contribution in [0.2, 0.25) is 0 Å². The van der Waals surface area contributed by atoms with Gasteiger partial charge >= 0.3 is 6.09 Å². The summed E-state index contributed by atoms with van der Waals surface area (Å²) in [5.41, 5.74) is 0.759. The van der Waals surface area contributed by atoms with Gasteiger partial charge in [-0.2, -0.15) is 9.28 Å². The minimum Gasteiger partial charge on any atom is -0.414 e. The average molecular weight is 692 g/mol. The van der Waals surface area contributed by atoms with Crippen molar-refractivity contribution in [2.24, 2.45) is 0 Å². The maximum absolute atomic E-state index is 15.4. The van der Waals surface area contributed by atoms with Gasteiger partial charge < -0.3 is 39.2 Å². The Bertz CT molecular complexity index is 1410. The smallest absolute Gasteiger partial charge is 0.414 e. The van der Waals surface area contributed by atoms with Crippen molar-refractivity contribution in [2.45, 2.75) is 83.9 Å². The van der Waals surface area contributed by atoms with Crippen molar-refractivity contribution < 1.29 is 42.1 Å². The van der Waals surface area contributed by atoms with E-state index in [1.54, 1.807) is 12.4 Å². The second-order valence-electron chi connectivity index (χ2n) is 14.7. The molecule has 1 amide bonds. The van der Waals surface area contributed by atoms with Crippen LogP contribution in [-0.2, 0) is 31.8 Å². The van der Waals surface area contributed by atoms with Crippen LogP contribution in [-0.4, -0.2) is 122 Å². The number of aliphatic hydroxyl groups excluding tert-OH is 1. The first kappa shape index (κ1) is 37.3. The number of aromatic nitrogens is 2. The van der Waals surface area contributed by atoms with Gasteiger partial charge in [0.1, 0.15) is 18.7 Å². The number of quaternary nitrogens is 1. The van der Waals surface area contributed by atoms with Gasteiger partial charge in [0.2, 0.25) is 0 Å². The van der Waals surface area contributed by atoms with Crippen molar-refractivity contribution in [3.05, 3.63) is 47.3 Å². The van der Waals surface area contributed by atoms with Crippen molar-refractivity contribution in [3.63, 3.8) is 0 Å². The number of pyridine rings is 2. The van der Waals surface area contributed by atoms with E-state index in [9.17, 15) is 14.3 Å². The van der Waals surface area contributed by atoms with E-state index in [-0.39, 0.29) is 35.6 Å². The molecule has 3 aliphatic heterocycles. The van der Waals surface area contributed by atoms with E-state index in [0.717, 1.165) is 18.7 Å². The molecule has 272 valence electrons. The lowest BCUT2D eigenvalue weighted by atomic mass is 10.1. The Balaban J connectivity index is 1.18. The lowest BCUT2D eigenvalue weighted by Gasteiger charge is -2.42. The van der Waals surface area contributed by atoms with E-state index in [1.807, 2.05) is 44.4 Å². The number of nitrogens with one attached hydrogen (secondary N) is 1. The van der Waals surface area contributed by atoms with Crippen LogP contribution >= 0.6 is 0 Å². The molecule has 0 aliphatic carbocycles. The normalized spacial score (nSPS) is 21.5. The number of nitrogens with zero attached hydrogens (tertiary/aromatic N) is 5. The molecule has 2 aromatic heterocycles. The highest BCUT2D eigenvalue weighted by Gasteiger charge is 2.45. The summed E-state index contributed by atoms with van der Waals surface area (Å²) in [6, 6.07) is 3.01. The third-order valence-corrected chi connectivity index (χ3v) is 9.19. The van der Waals surface area contributed by atoms with Crippen molar-refractivity contribution in [1.29, 1.82) is 0 Å². The van der Waals surface area contributed by atoms with E-state index in [1.165, 1.54) is 12.1 Å². The zero-order chi connectivity index (χ0) is 35.2. The van der Waals surface area contributed by atoms with Crippen LogP contribution in [0.15, 0.2) is 24.5 Å². The molecular weight excluding hydrogens is 638 g/mol. The Morgan fingerprint density at radius 2 is 1.63 bits per heavy atom. The Morgan fingerprint density at radius 3 is 2.16 bits per heavy atom. The van der Waals surface area contributed by atoms with E-state index >= 15 is 4.39 Å². The minimum absolute atomic E-state index is 0.0267. The quantitative estimate of drug-likeness (QED) is 0.317. The zero-order valence-corrected chi connectivity index (χ0v) is 29.6. The molecule has 0 unspecified atom stereocenters. The van der Waals surface area contributed by atoms with Crippen molar-refractivity contribution in [1.82, 2.24) is 15.3 Å². The molecule has 0 spiro atoms. The number of piperazine rings is 2. The number of hydrogen-bond acceptors (Lipinski definition) is 11. The van der Waals surface area contributed by atoms with Crippen LogP contribution in [0.5, 0.6) is 0 Å². The number of halogens is 2. The molecule has 14 heteroatoms. The van der Waals surface area contributed by atoms with Gasteiger partial charge in [0, 0.05) is 38.6 Å². The summed E-state index contributed by atoms with van der Waals surface area (Å²) < 4.78 is 53.6. The lowest BCUT2D eigenvalue weighted by molar-refractivity contribution is -0.880. The molecule has 2 N–H and O–H groups in total. The van der Waals surface area contributed by atoms with Gasteiger partial charge in [-0.25, -0.2) is 18.7 Å². The van der Waals surface area contributed by atoms with Crippen molar-refractivity contribution in [2.75, 3.05) is 82.1 Å². The average Bonchev–Trinajstić information content (AvgIpc) is 3.42. The molecule has 5 heterocycles. The SMILES string of the molecule is CC(C)(C)OC(=O)[N+]1(CO[C@H](CO)CCc2cnc(N3CCNCC3)c(F)c2)CCN(c2ncc(CC[C@H]3COC(C)(C)O3)cc2F)CC1. The number of carbonyl (C=O) groups excluding carboxylic acids is 1. The molecule has 2 aromatic rings. The fourth-order valence-corrected chi connectivity index (χ4v) is 6.37. The Kier molecular flexibility index (Phi) is 12.1. The molecule has 3 saturated heterocycles. The summed E-state index contributed by atoms with van der Waals surface area (Å²) in [5, 5.41) is 13.4. The molecule has 0 saturated carbocycles. The molecule has 5 rings (SSSR count). The second-order valence-corrected chi connectivity index (χ2v) is 14.7. The Hall–Kier alpha value is -3.01. The molecule has 3 fully saturated rings. The Morgan fingerprint density at radius 1 is 1.04 bits per heavy atom. The molecular formula is C35H53F2N6O6+. The third-order valence-electron chi connectivity index (χ3n) is 9.19. The van der Waals surface area contributed by atoms with Gasteiger partial charge in [0.15, 0.2) is 35.8 Å². The van der Waals surface area contributed by atoms with Gasteiger partial charge in [0.05, 0.1) is 38.5 Å². The van der Waals surface area contributed by atoms with Crippen LogP contribution < -0.4 is 15.1 Å². The highest BCUT2D eigenvalue weighted by Crippen LogP contribution is 2.28. The van der Waals surface area contributed by atoms with Crippen LogP contribution in [0.3, 0.4) is 0 Å². The number of hydrogen-bond donors (Lipinski definition) is 2. The largest absolute Gasteiger partial charge is 0.518 e. The molecule has 0 radical (unpaired) electrons. The fourth-order valence-electron chi connectivity index (χ4n) is 6.37. The Labute approximate surface area is 288 Å². The number of aryl methyl sites for hydroxylation is 2. The van der Waals surface area contributed by atoms with E-state index in [2.05, 4.69) is 15.3 Å². The van der Waals surface area contributed by atoms with Gasteiger partial charge in [-0.05, 0) is 83.6 Å². The number of amides is 1. The van der Waals surface area contributed by atoms with E-state index in [0.29, 0.717) is 82.9 Å². The van der Waals surface area contributed by atoms with Crippen LogP contribution in [0.25, 0.3) is 0 Å². The molecule has 2 atom stereocenters. The van der Waals surface area contributed by atoms with Crippen LogP contribution in [0.4, 0.5) is 25.2 Å². The second kappa shape index (κ2) is 15.9. The number of aliphatic hydroxyl groups is 1. The van der Waals surface area contributed by atoms with Gasteiger partial charge in [-0.1, -0.05) is 0 Å². The first-order valence-corrected chi connectivity index (χ1v) is 17.4.